The largest absolute Gasteiger partial charge is 0.497 e. The molecule has 0 spiro atoms. The molecule has 3 rings (SSSR count). The number of nitrogens with one attached hydrogen (secondary N) is 1. The third-order valence-electron chi connectivity index (χ3n) is 4.83. The second-order valence-electron chi connectivity index (χ2n) is 6.55. The lowest BCUT2D eigenvalue weighted by Crippen LogP contribution is -2.45. The number of methoxy groups -OCH3 is 1. The van der Waals surface area contributed by atoms with Gasteiger partial charge in [0.15, 0.2) is 0 Å². The molecule has 1 aliphatic rings. The fourth-order valence-corrected chi connectivity index (χ4v) is 3.24. The molecule has 1 N–H and O–H groups in total. The third kappa shape index (κ3) is 5.07. The molecule has 4 heteroatoms. The first-order valence-corrected chi connectivity index (χ1v) is 8.96. The Bertz CT molecular complexity index is 662. The molecule has 25 heavy (non-hydrogen) atoms. The number of rotatable bonds is 6. The van der Waals surface area contributed by atoms with Gasteiger partial charge in [0.1, 0.15) is 5.75 Å². The molecule has 132 valence electrons. The Morgan fingerprint density at radius 2 is 1.76 bits per heavy atom. The van der Waals surface area contributed by atoms with Gasteiger partial charge in [-0.15, -0.1) is 0 Å². The lowest BCUT2D eigenvalue weighted by atomic mass is 10.0. The van der Waals surface area contributed by atoms with E-state index in [1.165, 1.54) is 5.56 Å². The monoisotopic (exact) mass is 338 g/mol. The van der Waals surface area contributed by atoms with Crippen LogP contribution in [-0.4, -0.2) is 43.6 Å². The number of ether oxygens (including phenoxy) is 1. The zero-order chi connectivity index (χ0) is 17.5. The highest BCUT2D eigenvalue weighted by Gasteiger charge is 2.20. The summed E-state index contributed by atoms with van der Waals surface area (Å²) >= 11 is 0. The number of amides is 1. The van der Waals surface area contributed by atoms with E-state index in [-0.39, 0.29) is 11.9 Å². The molecule has 0 unspecified atom stereocenters. The van der Waals surface area contributed by atoms with Crippen molar-refractivity contribution in [1.82, 2.24) is 10.2 Å². The summed E-state index contributed by atoms with van der Waals surface area (Å²) in [6, 6.07) is 18.0. The second-order valence-corrected chi connectivity index (χ2v) is 6.55. The molecule has 2 aromatic rings. The van der Waals surface area contributed by atoms with Gasteiger partial charge in [-0.1, -0.05) is 30.3 Å². The first-order chi connectivity index (χ1) is 12.2. The number of nitrogens with zero attached hydrogens (tertiary/aromatic N) is 1. The third-order valence-corrected chi connectivity index (χ3v) is 4.83. The highest BCUT2D eigenvalue weighted by atomic mass is 16.5. The molecule has 1 heterocycles. The fourth-order valence-electron chi connectivity index (χ4n) is 3.24. The van der Waals surface area contributed by atoms with Gasteiger partial charge in [-0.05, 0) is 49.1 Å². The Hall–Kier alpha value is -2.33. The summed E-state index contributed by atoms with van der Waals surface area (Å²) in [4.78, 5) is 14.7. The molecule has 0 aliphatic carbocycles. The Morgan fingerprint density at radius 3 is 2.40 bits per heavy atom. The van der Waals surface area contributed by atoms with Crippen LogP contribution in [0.1, 0.15) is 28.8 Å². The van der Waals surface area contributed by atoms with E-state index < -0.39 is 0 Å². The van der Waals surface area contributed by atoms with Crippen LogP contribution in [0.3, 0.4) is 0 Å². The highest BCUT2D eigenvalue weighted by Crippen LogP contribution is 2.15. The second kappa shape index (κ2) is 8.67. The van der Waals surface area contributed by atoms with Gasteiger partial charge in [0, 0.05) is 31.2 Å². The maximum absolute atomic E-state index is 12.2. The van der Waals surface area contributed by atoms with Crippen molar-refractivity contribution in [2.45, 2.75) is 25.3 Å². The van der Waals surface area contributed by atoms with Gasteiger partial charge in [0.25, 0.3) is 5.91 Å². The highest BCUT2D eigenvalue weighted by molar-refractivity contribution is 5.94. The van der Waals surface area contributed by atoms with Crippen molar-refractivity contribution >= 4 is 5.91 Å². The van der Waals surface area contributed by atoms with Gasteiger partial charge in [0.05, 0.1) is 7.11 Å². The number of likely N-dealkylation sites (tertiary alicyclic amines) is 1. The van der Waals surface area contributed by atoms with E-state index in [1.807, 2.05) is 42.5 Å². The molecular formula is C21H26N2O2. The summed E-state index contributed by atoms with van der Waals surface area (Å²) in [5.41, 5.74) is 2.07. The average Bonchev–Trinajstić information content (AvgIpc) is 2.68. The van der Waals surface area contributed by atoms with Crippen molar-refractivity contribution in [3.8, 4) is 5.75 Å². The van der Waals surface area contributed by atoms with Crippen molar-refractivity contribution in [3.05, 3.63) is 65.7 Å². The summed E-state index contributed by atoms with van der Waals surface area (Å²) in [7, 11) is 1.69. The van der Waals surface area contributed by atoms with Crippen molar-refractivity contribution in [1.29, 1.82) is 0 Å². The van der Waals surface area contributed by atoms with E-state index in [0.717, 1.165) is 50.2 Å². The van der Waals surface area contributed by atoms with Crippen LogP contribution in [0, 0.1) is 0 Å². The van der Waals surface area contributed by atoms with E-state index in [4.69, 9.17) is 4.74 Å². The van der Waals surface area contributed by atoms with Crippen molar-refractivity contribution in [2.75, 3.05) is 26.7 Å². The van der Waals surface area contributed by atoms with Crippen molar-refractivity contribution < 1.29 is 9.53 Å². The molecule has 4 nitrogen and oxygen atoms in total. The Kier molecular flexibility index (Phi) is 6.07. The van der Waals surface area contributed by atoms with Crippen LogP contribution >= 0.6 is 0 Å². The predicted molar refractivity (Wildman–Crippen MR) is 100 cm³/mol. The summed E-state index contributed by atoms with van der Waals surface area (Å²) in [5.74, 6) is 0.941. The van der Waals surface area contributed by atoms with Gasteiger partial charge >= 0.3 is 0 Å². The number of piperidine rings is 1. The lowest BCUT2D eigenvalue weighted by Gasteiger charge is -2.32. The maximum atomic E-state index is 12.2. The zero-order valence-corrected chi connectivity index (χ0v) is 14.8. The molecule has 1 aliphatic heterocycles. The number of carbonyl (C=O) groups excluding carboxylic acids is 1. The zero-order valence-electron chi connectivity index (χ0n) is 14.8. The fraction of sp³-hybridized carbons (Fsp3) is 0.381. The molecule has 0 bridgehead atoms. The van der Waals surface area contributed by atoms with Gasteiger partial charge in [-0.2, -0.15) is 0 Å². The molecule has 0 atom stereocenters. The van der Waals surface area contributed by atoms with E-state index >= 15 is 0 Å². The van der Waals surface area contributed by atoms with Gasteiger partial charge < -0.3 is 15.0 Å². The predicted octanol–water partition coefficient (Wildman–Crippen LogP) is 3.13. The minimum absolute atomic E-state index is 0.0392. The molecule has 0 radical (unpaired) electrons. The Labute approximate surface area is 149 Å². The minimum Gasteiger partial charge on any atom is -0.497 e. The standard InChI is InChI=1S/C21H26N2O2/c1-25-20-9-7-17(8-10-20)11-14-23-15-12-19(13-16-23)22-21(24)18-5-3-2-4-6-18/h2-10,19H,11-16H2,1H3,(H,22,24). The van der Waals surface area contributed by atoms with E-state index in [0.29, 0.717) is 0 Å². The van der Waals surface area contributed by atoms with Gasteiger partial charge in [-0.25, -0.2) is 0 Å². The van der Waals surface area contributed by atoms with Gasteiger partial charge in [0.2, 0.25) is 0 Å². The van der Waals surface area contributed by atoms with Crippen molar-refractivity contribution in [2.24, 2.45) is 0 Å². The van der Waals surface area contributed by atoms with Gasteiger partial charge in [-0.3, -0.25) is 4.79 Å². The molecule has 1 saturated heterocycles. The molecule has 1 amide bonds. The number of hydrogen-bond donors (Lipinski definition) is 1. The number of hydrogen-bond acceptors (Lipinski definition) is 3. The number of benzene rings is 2. The number of carbonyl (C=O) groups is 1. The SMILES string of the molecule is COc1ccc(CCN2CCC(NC(=O)c3ccccc3)CC2)cc1. The minimum atomic E-state index is 0.0392. The molecule has 2 aromatic carbocycles. The topological polar surface area (TPSA) is 41.6 Å². The van der Waals surface area contributed by atoms with Crippen LogP contribution in [0.2, 0.25) is 0 Å². The first-order valence-electron chi connectivity index (χ1n) is 8.96. The average molecular weight is 338 g/mol. The van der Waals surface area contributed by atoms with Crippen LogP contribution in [0.4, 0.5) is 0 Å². The summed E-state index contributed by atoms with van der Waals surface area (Å²) < 4.78 is 5.19. The van der Waals surface area contributed by atoms with Crippen LogP contribution in [-0.2, 0) is 6.42 Å². The lowest BCUT2D eigenvalue weighted by molar-refractivity contribution is 0.0911. The smallest absolute Gasteiger partial charge is 0.251 e. The van der Waals surface area contributed by atoms with Crippen LogP contribution < -0.4 is 10.1 Å². The van der Waals surface area contributed by atoms with Crippen LogP contribution in [0.15, 0.2) is 54.6 Å². The Morgan fingerprint density at radius 1 is 1.08 bits per heavy atom. The van der Waals surface area contributed by atoms with Crippen molar-refractivity contribution in [3.63, 3.8) is 0 Å². The molecule has 0 saturated carbocycles. The quantitative estimate of drug-likeness (QED) is 0.880. The summed E-state index contributed by atoms with van der Waals surface area (Å²) in [6.07, 6.45) is 3.08. The van der Waals surface area contributed by atoms with E-state index in [2.05, 4.69) is 22.3 Å². The first kappa shape index (κ1) is 17.5. The van der Waals surface area contributed by atoms with E-state index in [1.54, 1.807) is 7.11 Å². The normalized spacial score (nSPS) is 15.7. The summed E-state index contributed by atoms with van der Waals surface area (Å²) in [6.45, 7) is 3.14. The Balaban J connectivity index is 1.40. The molecular weight excluding hydrogens is 312 g/mol. The summed E-state index contributed by atoms with van der Waals surface area (Å²) in [5, 5.41) is 3.16. The molecule has 0 aromatic heterocycles. The van der Waals surface area contributed by atoms with E-state index in [9.17, 15) is 4.79 Å². The maximum Gasteiger partial charge on any atom is 0.251 e. The van der Waals surface area contributed by atoms with Crippen LogP contribution in [0.5, 0.6) is 5.75 Å². The molecule has 1 fully saturated rings. The van der Waals surface area contributed by atoms with Crippen LogP contribution in [0.25, 0.3) is 0 Å².